The van der Waals surface area contributed by atoms with Crippen LogP contribution in [0.15, 0.2) is 10.7 Å². The molecule has 0 aliphatic carbocycles. The van der Waals surface area contributed by atoms with Crippen molar-refractivity contribution in [2.45, 2.75) is 39.3 Å². The lowest BCUT2D eigenvalue weighted by molar-refractivity contribution is 0.421. The van der Waals surface area contributed by atoms with Crippen molar-refractivity contribution in [3.8, 4) is 0 Å². The largest absolute Gasteiger partial charge is 0.432 e. The molecule has 0 aromatic carbocycles. The third-order valence-corrected chi connectivity index (χ3v) is 3.88. The summed E-state index contributed by atoms with van der Waals surface area (Å²) in [6, 6.07) is 0.781. The molecule has 1 N–H and O–H groups in total. The van der Waals surface area contributed by atoms with E-state index in [2.05, 4.69) is 36.0 Å². The molecule has 0 amide bonds. The fourth-order valence-electron chi connectivity index (χ4n) is 1.82. The van der Waals surface area contributed by atoms with Gasteiger partial charge in [-0.2, -0.15) is 16.7 Å². The third kappa shape index (κ3) is 4.21. The van der Waals surface area contributed by atoms with Crippen molar-refractivity contribution >= 4 is 17.8 Å². The second kappa shape index (κ2) is 5.97. The summed E-state index contributed by atoms with van der Waals surface area (Å²) in [5, 5.41) is 3.42. The predicted molar refractivity (Wildman–Crippen MR) is 77.3 cm³/mol. The van der Waals surface area contributed by atoms with E-state index >= 15 is 0 Å². The molecule has 1 fully saturated rings. The number of hydrogen-bond donors (Lipinski definition) is 1. The smallest absolute Gasteiger partial charge is 0.297 e. The molecule has 0 saturated carbocycles. The standard InChI is InChI=1S/C13H23N3OS/c1-13(2,3)14-9-11-10-17-12(15-11)16-5-4-7-18-8-6-16/h10,14H,4-9H2,1-3H3. The fraction of sp³-hybridized carbons (Fsp3) is 0.769. The summed E-state index contributed by atoms with van der Waals surface area (Å²) in [6.45, 7) is 9.31. The Morgan fingerprint density at radius 1 is 1.39 bits per heavy atom. The predicted octanol–water partition coefficient (Wildman–Crippen LogP) is 2.51. The van der Waals surface area contributed by atoms with Gasteiger partial charge in [0.25, 0.3) is 6.01 Å². The molecule has 1 aliphatic heterocycles. The van der Waals surface area contributed by atoms with Crippen LogP contribution in [-0.2, 0) is 6.54 Å². The summed E-state index contributed by atoms with van der Waals surface area (Å²) >= 11 is 2.01. The van der Waals surface area contributed by atoms with Gasteiger partial charge >= 0.3 is 0 Å². The highest BCUT2D eigenvalue weighted by Crippen LogP contribution is 2.18. The zero-order chi connectivity index (χ0) is 13.0. The lowest BCUT2D eigenvalue weighted by Gasteiger charge is -2.19. The van der Waals surface area contributed by atoms with E-state index in [1.807, 2.05) is 11.8 Å². The quantitative estimate of drug-likeness (QED) is 0.913. The van der Waals surface area contributed by atoms with Crippen LogP contribution in [0.2, 0.25) is 0 Å². The van der Waals surface area contributed by atoms with Crippen LogP contribution < -0.4 is 10.2 Å². The van der Waals surface area contributed by atoms with Crippen LogP contribution in [0.3, 0.4) is 0 Å². The van der Waals surface area contributed by atoms with Crippen molar-refractivity contribution < 1.29 is 4.42 Å². The first-order chi connectivity index (χ1) is 8.54. The van der Waals surface area contributed by atoms with Gasteiger partial charge in [0.1, 0.15) is 6.26 Å². The number of rotatable bonds is 3. The molecule has 18 heavy (non-hydrogen) atoms. The zero-order valence-corrected chi connectivity index (χ0v) is 12.3. The first-order valence-corrected chi connectivity index (χ1v) is 7.72. The maximum atomic E-state index is 5.59. The van der Waals surface area contributed by atoms with Crippen LogP contribution in [0, 0.1) is 0 Å². The van der Waals surface area contributed by atoms with Crippen LogP contribution >= 0.6 is 11.8 Å². The number of aromatic nitrogens is 1. The molecular formula is C13H23N3OS. The summed E-state index contributed by atoms with van der Waals surface area (Å²) in [5.74, 6) is 2.41. The van der Waals surface area contributed by atoms with Crippen LogP contribution in [0.1, 0.15) is 32.9 Å². The Hall–Kier alpha value is -0.680. The van der Waals surface area contributed by atoms with Gasteiger partial charge in [-0.3, -0.25) is 0 Å². The Morgan fingerprint density at radius 2 is 2.22 bits per heavy atom. The molecule has 0 spiro atoms. The van der Waals surface area contributed by atoms with E-state index in [1.54, 1.807) is 6.26 Å². The van der Waals surface area contributed by atoms with E-state index in [4.69, 9.17) is 4.42 Å². The summed E-state index contributed by atoms with van der Waals surface area (Å²) in [7, 11) is 0. The van der Waals surface area contributed by atoms with Crippen molar-refractivity contribution in [3.05, 3.63) is 12.0 Å². The monoisotopic (exact) mass is 269 g/mol. The molecule has 0 radical (unpaired) electrons. The maximum absolute atomic E-state index is 5.59. The van der Waals surface area contributed by atoms with E-state index in [1.165, 1.54) is 12.2 Å². The molecule has 1 aliphatic rings. The molecule has 4 nitrogen and oxygen atoms in total. The lowest BCUT2D eigenvalue weighted by Crippen LogP contribution is -2.35. The Balaban J connectivity index is 1.92. The number of hydrogen-bond acceptors (Lipinski definition) is 5. The van der Waals surface area contributed by atoms with Gasteiger partial charge in [0.05, 0.1) is 5.69 Å². The maximum Gasteiger partial charge on any atom is 0.297 e. The Kier molecular flexibility index (Phi) is 4.56. The lowest BCUT2D eigenvalue weighted by atomic mass is 10.1. The van der Waals surface area contributed by atoms with Crippen molar-refractivity contribution in [2.75, 3.05) is 29.5 Å². The third-order valence-electron chi connectivity index (χ3n) is 2.83. The van der Waals surface area contributed by atoms with Crippen LogP contribution in [0.4, 0.5) is 6.01 Å². The Bertz CT molecular complexity index is 365. The molecule has 1 saturated heterocycles. The van der Waals surface area contributed by atoms with Crippen molar-refractivity contribution in [1.82, 2.24) is 10.3 Å². The van der Waals surface area contributed by atoms with Gasteiger partial charge < -0.3 is 14.6 Å². The molecule has 2 heterocycles. The van der Waals surface area contributed by atoms with Gasteiger partial charge in [0.15, 0.2) is 0 Å². The summed E-state index contributed by atoms with van der Waals surface area (Å²) in [6.07, 6.45) is 2.98. The highest BCUT2D eigenvalue weighted by Gasteiger charge is 2.16. The molecule has 0 bridgehead atoms. The van der Waals surface area contributed by atoms with E-state index in [9.17, 15) is 0 Å². The molecule has 1 aromatic rings. The van der Waals surface area contributed by atoms with Gasteiger partial charge in [-0.05, 0) is 32.9 Å². The molecule has 2 rings (SSSR count). The molecule has 5 heteroatoms. The number of nitrogens with one attached hydrogen (secondary N) is 1. The summed E-state index contributed by atoms with van der Waals surface area (Å²) < 4.78 is 5.59. The zero-order valence-electron chi connectivity index (χ0n) is 11.5. The number of nitrogens with zero attached hydrogens (tertiary/aromatic N) is 2. The highest BCUT2D eigenvalue weighted by atomic mass is 32.2. The molecule has 102 valence electrons. The molecular weight excluding hydrogens is 246 g/mol. The van der Waals surface area contributed by atoms with Crippen LogP contribution in [0.5, 0.6) is 0 Å². The minimum atomic E-state index is 0.109. The molecule has 0 unspecified atom stereocenters. The Morgan fingerprint density at radius 3 is 3.00 bits per heavy atom. The second-order valence-corrected chi connectivity index (χ2v) is 6.90. The molecule has 0 atom stereocenters. The van der Waals surface area contributed by atoms with Crippen LogP contribution in [-0.4, -0.2) is 35.1 Å². The van der Waals surface area contributed by atoms with Crippen molar-refractivity contribution in [1.29, 1.82) is 0 Å². The summed E-state index contributed by atoms with van der Waals surface area (Å²) in [5.41, 5.74) is 1.09. The van der Waals surface area contributed by atoms with Crippen LogP contribution in [0.25, 0.3) is 0 Å². The number of oxazole rings is 1. The van der Waals surface area contributed by atoms with E-state index in [0.29, 0.717) is 0 Å². The second-order valence-electron chi connectivity index (χ2n) is 5.68. The minimum Gasteiger partial charge on any atom is -0.432 e. The average molecular weight is 269 g/mol. The molecule has 1 aromatic heterocycles. The van der Waals surface area contributed by atoms with E-state index in [-0.39, 0.29) is 5.54 Å². The van der Waals surface area contributed by atoms with Crippen molar-refractivity contribution in [2.24, 2.45) is 0 Å². The SMILES string of the molecule is CC(C)(C)NCc1coc(N2CCCSCC2)n1. The number of anilines is 1. The first-order valence-electron chi connectivity index (χ1n) is 6.57. The first kappa shape index (κ1) is 13.7. The topological polar surface area (TPSA) is 41.3 Å². The minimum absolute atomic E-state index is 0.109. The van der Waals surface area contributed by atoms with E-state index < -0.39 is 0 Å². The fourth-order valence-corrected chi connectivity index (χ4v) is 2.70. The number of thioether (sulfide) groups is 1. The van der Waals surface area contributed by atoms with Gasteiger partial charge in [0.2, 0.25) is 0 Å². The van der Waals surface area contributed by atoms with Crippen molar-refractivity contribution in [3.63, 3.8) is 0 Å². The Labute approximate surface area is 114 Å². The van der Waals surface area contributed by atoms with Gasteiger partial charge in [0, 0.05) is 30.9 Å². The average Bonchev–Trinajstić information content (AvgIpc) is 2.60. The normalized spacial score (nSPS) is 17.8. The van der Waals surface area contributed by atoms with E-state index in [0.717, 1.165) is 37.1 Å². The summed E-state index contributed by atoms with van der Waals surface area (Å²) in [4.78, 5) is 6.82. The van der Waals surface area contributed by atoms with Gasteiger partial charge in [-0.15, -0.1) is 0 Å². The van der Waals surface area contributed by atoms with Gasteiger partial charge in [-0.25, -0.2) is 0 Å². The highest BCUT2D eigenvalue weighted by molar-refractivity contribution is 7.99. The van der Waals surface area contributed by atoms with Gasteiger partial charge in [-0.1, -0.05) is 0 Å².